The minimum absolute atomic E-state index is 0.0123. The van der Waals surface area contributed by atoms with Gasteiger partial charge in [-0.15, -0.1) is 0 Å². The third-order valence-corrected chi connectivity index (χ3v) is 6.28. The Labute approximate surface area is 167 Å². The highest BCUT2D eigenvalue weighted by molar-refractivity contribution is 5.85. The van der Waals surface area contributed by atoms with Gasteiger partial charge in [-0.3, -0.25) is 19.5 Å². The molecule has 2 fully saturated rings. The fraction of sp³-hybridized carbons (Fsp3) is 0.476. The quantitative estimate of drug-likeness (QED) is 0.804. The summed E-state index contributed by atoms with van der Waals surface area (Å²) >= 11 is 0. The van der Waals surface area contributed by atoms with E-state index in [1.54, 1.807) is 24.1 Å². The van der Waals surface area contributed by atoms with Crippen LogP contribution in [0.25, 0.3) is 0 Å². The molecular formula is C21H24F2N4O2. The molecule has 1 aliphatic carbocycles. The Morgan fingerprint density at radius 3 is 2.55 bits per heavy atom. The zero-order valence-corrected chi connectivity index (χ0v) is 16.2. The van der Waals surface area contributed by atoms with E-state index >= 15 is 0 Å². The van der Waals surface area contributed by atoms with Crippen LogP contribution in [0.4, 0.5) is 8.78 Å². The number of rotatable bonds is 5. The summed E-state index contributed by atoms with van der Waals surface area (Å²) in [6.45, 7) is 1.57. The second-order valence-corrected chi connectivity index (χ2v) is 8.18. The van der Waals surface area contributed by atoms with Crippen LogP contribution >= 0.6 is 0 Å². The van der Waals surface area contributed by atoms with E-state index in [4.69, 9.17) is 5.73 Å². The Balaban J connectivity index is 1.67. The molecule has 2 aromatic heterocycles. The van der Waals surface area contributed by atoms with E-state index in [1.165, 1.54) is 18.3 Å². The Bertz CT molecular complexity index is 951. The van der Waals surface area contributed by atoms with Crippen molar-refractivity contribution < 1.29 is 13.6 Å². The van der Waals surface area contributed by atoms with E-state index < -0.39 is 29.7 Å². The minimum atomic E-state index is -2.96. The number of alkyl halides is 2. The summed E-state index contributed by atoms with van der Waals surface area (Å²) in [4.78, 5) is 32.4. The lowest BCUT2D eigenvalue weighted by molar-refractivity contribution is -0.139. The number of halogens is 2. The fourth-order valence-corrected chi connectivity index (χ4v) is 4.09. The molecule has 4 rings (SSSR count). The lowest BCUT2D eigenvalue weighted by atomic mass is 9.83. The number of nitrogens with one attached hydrogen (secondary N) is 1. The summed E-state index contributed by atoms with van der Waals surface area (Å²) < 4.78 is 29.4. The molecule has 154 valence electrons. The van der Waals surface area contributed by atoms with Gasteiger partial charge in [-0.25, -0.2) is 8.78 Å². The fourth-order valence-electron chi connectivity index (χ4n) is 4.09. The maximum Gasteiger partial charge on any atom is 0.257 e. The van der Waals surface area contributed by atoms with Gasteiger partial charge in [0.1, 0.15) is 5.54 Å². The van der Waals surface area contributed by atoms with E-state index in [9.17, 15) is 18.4 Å². The second kappa shape index (κ2) is 7.02. The summed E-state index contributed by atoms with van der Waals surface area (Å²) in [5, 5.41) is 0. The van der Waals surface area contributed by atoms with Crippen LogP contribution in [0.1, 0.15) is 54.8 Å². The molecule has 8 heteroatoms. The van der Waals surface area contributed by atoms with Gasteiger partial charge in [0.2, 0.25) is 11.5 Å². The number of hydrogen-bond acceptors (Lipinski definition) is 4. The van der Waals surface area contributed by atoms with Gasteiger partial charge in [0, 0.05) is 38.0 Å². The first kappa shape index (κ1) is 19.7. The van der Waals surface area contributed by atoms with Crippen molar-refractivity contribution in [3.63, 3.8) is 0 Å². The van der Waals surface area contributed by atoms with E-state index in [2.05, 4.69) is 9.97 Å². The highest BCUT2D eigenvalue weighted by atomic mass is 19.3. The topological polar surface area (TPSA) is 92.1 Å². The van der Waals surface area contributed by atoms with Gasteiger partial charge in [0.15, 0.2) is 0 Å². The average molecular weight is 402 g/mol. The van der Waals surface area contributed by atoms with Crippen LogP contribution in [0.5, 0.6) is 0 Å². The van der Waals surface area contributed by atoms with E-state index in [0.29, 0.717) is 17.2 Å². The van der Waals surface area contributed by atoms with Gasteiger partial charge < -0.3 is 10.7 Å². The summed E-state index contributed by atoms with van der Waals surface area (Å²) in [5.74, 6) is -4.24. The number of aromatic nitrogens is 2. The molecule has 1 amide bonds. The first-order valence-electron chi connectivity index (χ1n) is 9.79. The number of carbonyl (C=O) groups excluding carboxylic acids is 1. The largest absolute Gasteiger partial charge is 0.368 e. The molecule has 1 aliphatic heterocycles. The van der Waals surface area contributed by atoms with Crippen LogP contribution in [0.3, 0.4) is 0 Å². The number of H-pyrrole nitrogens is 1. The Kier molecular flexibility index (Phi) is 4.77. The van der Waals surface area contributed by atoms with Crippen LogP contribution in [-0.2, 0) is 10.3 Å². The van der Waals surface area contributed by atoms with E-state index in [0.717, 1.165) is 18.4 Å². The van der Waals surface area contributed by atoms with Gasteiger partial charge in [0.25, 0.3) is 5.92 Å². The number of amides is 1. The lowest BCUT2D eigenvalue weighted by Crippen LogP contribution is -2.59. The molecule has 2 aliphatic rings. The number of aromatic amines is 1. The molecule has 29 heavy (non-hydrogen) atoms. The van der Waals surface area contributed by atoms with Crippen molar-refractivity contribution in [3.8, 4) is 0 Å². The number of primary amides is 1. The first-order chi connectivity index (χ1) is 13.7. The van der Waals surface area contributed by atoms with Crippen molar-refractivity contribution in [1.82, 2.24) is 14.9 Å². The van der Waals surface area contributed by atoms with E-state index in [1.807, 2.05) is 6.07 Å². The third kappa shape index (κ3) is 3.57. The normalized spacial score (nSPS) is 24.0. The molecule has 2 aromatic rings. The highest BCUT2D eigenvalue weighted by Gasteiger charge is 2.51. The van der Waals surface area contributed by atoms with Crippen LogP contribution in [-0.4, -0.2) is 39.8 Å². The monoisotopic (exact) mass is 402 g/mol. The summed E-state index contributed by atoms with van der Waals surface area (Å²) in [7, 11) is 0. The van der Waals surface area contributed by atoms with Crippen molar-refractivity contribution in [2.24, 2.45) is 5.73 Å². The van der Waals surface area contributed by atoms with Crippen LogP contribution in [0, 0.1) is 0 Å². The van der Waals surface area contributed by atoms with E-state index in [-0.39, 0.29) is 18.6 Å². The molecule has 0 bridgehead atoms. The van der Waals surface area contributed by atoms with Crippen LogP contribution in [0.15, 0.2) is 41.5 Å². The van der Waals surface area contributed by atoms with Gasteiger partial charge in [-0.1, -0.05) is 12.1 Å². The van der Waals surface area contributed by atoms with Crippen molar-refractivity contribution in [2.75, 3.05) is 13.1 Å². The molecule has 3 N–H and O–H groups in total. The predicted molar refractivity (Wildman–Crippen MR) is 104 cm³/mol. The first-order valence-corrected chi connectivity index (χ1v) is 9.79. The Morgan fingerprint density at radius 1 is 1.28 bits per heavy atom. The SMILES string of the molecule is CC(C(N)=O)(c1ccc(C2CC2)cn1)N1CCC(F)(F)[C@@H](c2ccc(=O)[nH]c2)C1. The number of hydrogen-bond donors (Lipinski definition) is 2. The molecule has 6 nitrogen and oxygen atoms in total. The standard InChI is InChI=1S/C21H24F2N4O2/c1-20(19(24)29,17-6-4-14(10-25-17)13-2-3-13)27-9-8-21(22,23)16(12-27)15-5-7-18(28)26-11-15/h4-7,10-11,13,16H,2-3,8-9,12H2,1H3,(H2,24,29)(H,26,28)/t16-,20?/m1/s1. The van der Waals surface area contributed by atoms with Gasteiger partial charge in [0.05, 0.1) is 11.6 Å². The maximum absolute atomic E-state index is 14.7. The van der Waals surface area contributed by atoms with Crippen LogP contribution in [0.2, 0.25) is 0 Å². The Morgan fingerprint density at radius 2 is 2.00 bits per heavy atom. The molecule has 1 unspecified atom stereocenters. The van der Waals surface area contributed by atoms with Gasteiger partial charge in [-0.05, 0) is 42.9 Å². The number of pyridine rings is 2. The molecule has 1 saturated carbocycles. The van der Waals surface area contributed by atoms with Gasteiger partial charge in [-0.2, -0.15) is 0 Å². The highest BCUT2D eigenvalue weighted by Crippen LogP contribution is 2.44. The summed E-state index contributed by atoms with van der Waals surface area (Å²) in [6.07, 6.45) is 4.92. The molecule has 0 aromatic carbocycles. The Hall–Kier alpha value is -2.61. The smallest absolute Gasteiger partial charge is 0.257 e. The molecular weight excluding hydrogens is 378 g/mol. The second-order valence-electron chi connectivity index (χ2n) is 8.18. The summed E-state index contributed by atoms with van der Waals surface area (Å²) in [5.41, 5.74) is 6.00. The lowest BCUT2D eigenvalue weighted by Gasteiger charge is -2.46. The minimum Gasteiger partial charge on any atom is -0.368 e. The zero-order chi connectivity index (χ0) is 20.8. The van der Waals surface area contributed by atoms with Gasteiger partial charge >= 0.3 is 0 Å². The third-order valence-electron chi connectivity index (χ3n) is 6.28. The molecule has 2 atom stereocenters. The molecule has 1 saturated heterocycles. The summed E-state index contributed by atoms with van der Waals surface area (Å²) in [6, 6.07) is 6.36. The number of piperidine rings is 1. The van der Waals surface area contributed by atoms with Crippen molar-refractivity contribution >= 4 is 5.91 Å². The number of nitrogens with two attached hydrogens (primary N) is 1. The predicted octanol–water partition coefficient (Wildman–Crippen LogP) is 2.47. The number of likely N-dealkylation sites (tertiary alicyclic amines) is 1. The number of carbonyl (C=O) groups is 1. The number of nitrogens with zero attached hydrogens (tertiary/aromatic N) is 2. The molecule has 0 spiro atoms. The zero-order valence-electron chi connectivity index (χ0n) is 16.2. The molecule has 3 heterocycles. The van der Waals surface area contributed by atoms with Crippen molar-refractivity contribution in [3.05, 3.63) is 63.8 Å². The van der Waals surface area contributed by atoms with Crippen molar-refractivity contribution in [2.45, 2.75) is 49.5 Å². The average Bonchev–Trinajstić information content (AvgIpc) is 3.53. The molecule has 0 radical (unpaired) electrons. The van der Waals surface area contributed by atoms with Crippen LogP contribution < -0.4 is 11.3 Å². The maximum atomic E-state index is 14.7. The van der Waals surface area contributed by atoms with Crippen molar-refractivity contribution in [1.29, 1.82) is 0 Å².